The van der Waals surface area contributed by atoms with Gasteiger partial charge in [-0.25, -0.2) is 0 Å². The van der Waals surface area contributed by atoms with Crippen LogP contribution < -0.4 is 0 Å². The van der Waals surface area contributed by atoms with Crippen molar-refractivity contribution in [1.82, 2.24) is 0 Å². The Hall–Kier alpha value is -1.35. The SMILES string of the molecule is Clc1ccc2c(c1)C(c1sc3ccccc3c1Cl)=NCC2. The predicted molar refractivity (Wildman–Crippen MR) is 92.5 cm³/mol. The molecule has 0 unspecified atom stereocenters. The first kappa shape index (κ1) is 13.3. The molecule has 1 aromatic heterocycles. The molecule has 3 aromatic rings. The molecule has 0 aliphatic carbocycles. The third-order valence-corrected chi connectivity index (χ3v) is 5.65. The van der Waals surface area contributed by atoms with Crippen molar-refractivity contribution >= 4 is 50.3 Å². The van der Waals surface area contributed by atoms with Gasteiger partial charge in [0.15, 0.2) is 0 Å². The molecule has 0 atom stereocenters. The second-order valence-corrected chi connectivity index (χ2v) is 6.89. The Bertz CT molecular complexity index is 880. The van der Waals surface area contributed by atoms with Crippen molar-refractivity contribution in [1.29, 1.82) is 0 Å². The fourth-order valence-corrected chi connectivity index (χ4v) is 4.44. The van der Waals surface area contributed by atoms with Gasteiger partial charge in [-0.2, -0.15) is 0 Å². The summed E-state index contributed by atoms with van der Waals surface area (Å²) in [7, 11) is 0. The first-order valence-corrected chi connectivity index (χ1v) is 8.32. The highest BCUT2D eigenvalue weighted by Gasteiger charge is 2.21. The van der Waals surface area contributed by atoms with Crippen molar-refractivity contribution in [2.75, 3.05) is 6.54 Å². The van der Waals surface area contributed by atoms with E-state index in [0.29, 0.717) is 0 Å². The van der Waals surface area contributed by atoms with Crippen LogP contribution >= 0.6 is 34.5 Å². The van der Waals surface area contributed by atoms with Crippen LogP contribution in [0.2, 0.25) is 10.0 Å². The Labute approximate surface area is 136 Å². The van der Waals surface area contributed by atoms with Gasteiger partial charge < -0.3 is 0 Å². The van der Waals surface area contributed by atoms with E-state index in [-0.39, 0.29) is 0 Å². The monoisotopic (exact) mass is 331 g/mol. The van der Waals surface area contributed by atoms with Gasteiger partial charge in [-0.05, 0) is 30.2 Å². The van der Waals surface area contributed by atoms with Crippen LogP contribution in [0, 0.1) is 0 Å². The lowest BCUT2D eigenvalue weighted by Gasteiger charge is -2.16. The normalized spacial score (nSPS) is 14.1. The molecule has 0 bridgehead atoms. The van der Waals surface area contributed by atoms with Crippen molar-refractivity contribution in [2.45, 2.75) is 6.42 Å². The van der Waals surface area contributed by atoms with Gasteiger partial charge in [0, 0.05) is 27.2 Å². The van der Waals surface area contributed by atoms with Crippen molar-refractivity contribution in [3.05, 3.63) is 68.5 Å². The molecule has 1 aliphatic heterocycles. The summed E-state index contributed by atoms with van der Waals surface area (Å²) in [5.74, 6) is 0. The van der Waals surface area contributed by atoms with Crippen LogP contribution in [0.25, 0.3) is 10.1 Å². The molecule has 2 aromatic carbocycles. The number of thiophene rings is 1. The maximum Gasteiger partial charge on any atom is 0.0837 e. The number of fused-ring (bicyclic) bond motifs is 2. The molecule has 0 fully saturated rings. The van der Waals surface area contributed by atoms with E-state index >= 15 is 0 Å². The maximum absolute atomic E-state index is 6.59. The standard InChI is InChI=1S/C17H11Cl2NS/c18-11-6-5-10-7-8-20-16(13(10)9-11)17-15(19)12-3-1-2-4-14(12)21-17/h1-6,9H,7-8H2. The average molecular weight is 332 g/mol. The Morgan fingerprint density at radius 2 is 1.90 bits per heavy atom. The topological polar surface area (TPSA) is 12.4 Å². The van der Waals surface area contributed by atoms with E-state index in [1.54, 1.807) is 11.3 Å². The highest BCUT2D eigenvalue weighted by molar-refractivity contribution is 7.21. The molecule has 21 heavy (non-hydrogen) atoms. The second kappa shape index (κ2) is 5.13. The van der Waals surface area contributed by atoms with Gasteiger partial charge in [-0.15, -0.1) is 11.3 Å². The number of benzene rings is 2. The van der Waals surface area contributed by atoms with Gasteiger partial charge in [0.1, 0.15) is 0 Å². The summed E-state index contributed by atoms with van der Waals surface area (Å²) < 4.78 is 1.19. The highest BCUT2D eigenvalue weighted by atomic mass is 35.5. The summed E-state index contributed by atoms with van der Waals surface area (Å²) in [5.41, 5.74) is 3.38. The first-order valence-electron chi connectivity index (χ1n) is 6.74. The van der Waals surface area contributed by atoms with Crippen LogP contribution in [0.15, 0.2) is 47.5 Å². The minimum atomic E-state index is 0.737. The molecule has 0 saturated carbocycles. The van der Waals surface area contributed by atoms with E-state index in [1.165, 1.54) is 10.3 Å². The Morgan fingerprint density at radius 1 is 1.05 bits per heavy atom. The third-order valence-electron chi connectivity index (χ3n) is 3.73. The van der Waals surface area contributed by atoms with Crippen LogP contribution in [-0.2, 0) is 6.42 Å². The number of hydrogen-bond donors (Lipinski definition) is 0. The van der Waals surface area contributed by atoms with Gasteiger partial charge in [-0.1, -0.05) is 47.5 Å². The second-order valence-electron chi connectivity index (χ2n) is 5.02. The molecule has 0 saturated heterocycles. The molecule has 1 nitrogen and oxygen atoms in total. The van der Waals surface area contributed by atoms with Crippen molar-refractivity contribution in [3.63, 3.8) is 0 Å². The zero-order valence-electron chi connectivity index (χ0n) is 11.1. The van der Waals surface area contributed by atoms with Gasteiger partial charge in [0.05, 0.1) is 15.6 Å². The number of nitrogens with zero attached hydrogens (tertiary/aromatic N) is 1. The van der Waals surface area contributed by atoms with Crippen molar-refractivity contribution in [3.8, 4) is 0 Å². The zero-order valence-corrected chi connectivity index (χ0v) is 13.4. The minimum Gasteiger partial charge on any atom is -0.283 e. The molecule has 0 spiro atoms. The summed E-state index contributed by atoms with van der Waals surface area (Å²) in [6.45, 7) is 0.800. The van der Waals surface area contributed by atoms with Crippen LogP contribution in [0.4, 0.5) is 0 Å². The van der Waals surface area contributed by atoms with Gasteiger partial charge in [0.2, 0.25) is 0 Å². The molecule has 104 valence electrons. The number of halogens is 2. The summed E-state index contributed by atoms with van der Waals surface area (Å²) in [6.07, 6.45) is 0.957. The van der Waals surface area contributed by atoms with Crippen LogP contribution in [0.5, 0.6) is 0 Å². The van der Waals surface area contributed by atoms with Crippen molar-refractivity contribution in [2.24, 2.45) is 4.99 Å². The van der Waals surface area contributed by atoms with Crippen molar-refractivity contribution < 1.29 is 0 Å². The maximum atomic E-state index is 6.59. The number of rotatable bonds is 1. The largest absolute Gasteiger partial charge is 0.283 e. The molecule has 2 heterocycles. The summed E-state index contributed by atoms with van der Waals surface area (Å²) in [5, 5.41) is 2.62. The Kier molecular flexibility index (Phi) is 3.26. The van der Waals surface area contributed by atoms with Crippen LogP contribution in [0.1, 0.15) is 16.0 Å². The quantitative estimate of drug-likeness (QED) is 0.550. The van der Waals surface area contributed by atoms with E-state index in [4.69, 9.17) is 28.2 Å². The predicted octanol–water partition coefficient (Wildman–Crippen LogP) is 5.60. The summed E-state index contributed by atoms with van der Waals surface area (Å²) >= 11 is 14.5. The fourth-order valence-electron chi connectivity index (χ4n) is 2.72. The fraction of sp³-hybridized carbons (Fsp3) is 0.118. The lowest BCUT2D eigenvalue weighted by molar-refractivity contribution is 0.945. The van der Waals surface area contributed by atoms with E-state index < -0.39 is 0 Å². The number of aliphatic imine (C=N–C) groups is 1. The molecule has 4 rings (SSSR count). The lowest BCUT2D eigenvalue weighted by atomic mass is 9.96. The number of hydrogen-bond acceptors (Lipinski definition) is 2. The molecule has 0 N–H and O–H groups in total. The van der Waals surface area contributed by atoms with Crippen LogP contribution in [-0.4, -0.2) is 12.3 Å². The third kappa shape index (κ3) is 2.18. The van der Waals surface area contributed by atoms with E-state index in [0.717, 1.165) is 44.5 Å². The van der Waals surface area contributed by atoms with E-state index in [9.17, 15) is 0 Å². The molecule has 0 amide bonds. The van der Waals surface area contributed by atoms with Crippen LogP contribution in [0.3, 0.4) is 0 Å². The molecule has 0 radical (unpaired) electrons. The average Bonchev–Trinajstić information content (AvgIpc) is 2.84. The smallest absolute Gasteiger partial charge is 0.0837 e. The first-order chi connectivity index (χ1) is 10.2. The van der Waals surface area contributed by atoms with Gasteiger partial charge in [-0.3, -0.25) is 4.99 Å². The zero-order chi connectivity index (χ0) is 14.4. The molecule has 4 heteroatoms. The van der Waals surface area contributed by atoms with Gasteiger partial charge >= 0.3 is 0 Å². The Morgan fingerprint density at radius 3 is 2.76 bits per heavy atom. The lowest BCUT2D eigenvalue weighted by Crippen LogP contribution is -2.13. The molecular formula is C17H11Cl2NS. The van der Waals surface area contributed by atoms with Gasteiger partial charge in [0.25, 0.3) is 0 Å². The molecular weight excluding hydrogens is 321 g/mol. The summed E-state index contributed by atoms with van der Waals surface area (Å²) in [6, 6.07) is 14.2. The Balaban J connectivity index is 1.95. The minimum absolute atomic E-state index is 0.737. The molecule has 1 aliphatic rings. The highest BCUT2D eigenvalue weighted by Crippen LogP contribution is 2.38. The van der Waals surface area contributed by atoms with E-state index in [1.807, 2.05) is 24.3 Å². The summed E-state index contributed by atoms with van der Waals surface area (Å²) in [4.78, 5) is 5.76. The van der Waals surface area contributed by atoms with E-state index in [2.05, 4.69) is 18.2 Å².